The Bertz CT molecular complexity index is 372. The Labute approximate surface area is 96.9 Å². The van der Waals surface area contributed by atoms with Crippen LogP contribution in [0.2, 0.25) is 0 Å². The van der Waals surface area contributed by atoms with Gasteiger partial charge >= 0.3 is 0 Å². The maximum Gasteiger partial charge on any atom is 0.161 e. The van der Waals surface area contributed by atoms with Crippen LogP contribution >= 0.6 is 0 Å². The van der Waals surface area contributed by atoms with Gasteiger partial charge in [-0.2, -0.15) is 0 Å². The van der Waals surface area contributed by atoms with Crippen LogP contribution in [0.3, 0.4) is 0 Å². The number of nitrogens with two attached hydrogens (primary N) is 1. The zero-order chi connectivity index (χ0) is 12.1. The molecule has 0 unspecified atom stereocenters. The quantitative estimate of drug-likeness (QED) is 0.777. The van der Waals surface area contributed by atoms with Gasteiger partial charge < -0.3 is 15.2 Å². The molecule has 0 aliphatic rings. The van der Waals surface area contributed by atoms with Crippen LogP contribution in [0.1, 0.15) is 25.5 Å². The summed E-state index contributed by atoms with van der Waals surface area (Å²) in [5.74, 6) is 1.42. The smallest absolute Gasteiger partial charge is 0.161 e. The van der Waals surface area contributed by atoms with Crippen molar-refractivity contribution in [1.82, 2.24) is 0 Å². The molecule has 1 aromatic rings. The molecule has 0 radical (unpaired) electrons. The van der Waals surface area contributed by atoms with Crippen molar-refractivity contribution in [3.8, 4) is 11.5 Å². The molecule has 1 aromatic carbocycles. The largest absolute Gasteiger partial charge is 0.493 e. The number of hydrogen-bond donors (Lipinski definition) is 1. The Kier molecular flexibility index (Phi) is 4.38. The molecule has 3 nitrogen and oxygen atoms in total. The van der Waals surface area contributed by atoms with E-state index in [0.717, 1.165) is 16.9 Å². The Morgan fingerprint density at radius 2 is 2.12 bits per heavy atom. The van der Waals surface area contributed by atoms with Crippen molar-refractivity contribution in [2.24, 2.45) is 5.73 Å². The van der Waals surface area contributed by atoms with Gasteiger partial charge in [-0.05, 0) is 37.1 Å². The zero-order valence-electron chi connectivity index (χ0n) is 10.1. The van der Waals surface area contributed by atoms with E-state index in [4.69, 9.17) is 15.2 Å². The minimum Gasteiger partial charge on any atom is -0.493 e. The molecule has 0 aromatic heterocycles. The van der Waals surface area contributed by atoms with Crippen LogP contribution in [-0.2, 0) is 0 Å². The average Bonchev–Trinajstić information content (AvgIpc) is 2.25. The van der Waals surface area contributed by atoms with Crippen molar-refractivity contribution in [1.29, 1.82) is 0 Å². The Hall–Kier alpha value is -1.48. The van der Waals surface area contributed by atoms with Gasteiger partial charge in [0.1, 0.15) is 6.61 Å². The van der Waals surface area contributed by atoms with Crippen LogP contribution in [0.5, 0.6) is 11.5 Å². The molecular weight excluding hydrogens is 202 g/mol. The van der Waals surface area contributed by atoms with Crippen molar-refractivity contribution in [2.75, 3.05) is 13.7 Å². The number of ether oxygens (including phenoxy) is 2. The first-order valence-corrected chi connectivity index (χ1v) is 5.25. The fourth-order valence-electron chi connectivity index (χ4n) is 1.29. The third kappa shape index (κ3) is 3.28. The van der Waals surface area contributed by atoms with Crippen molar-refractivity contribution in [3.63, 3.8) is 0 Å². The van der Waals surface area contributed by atoms with Crippen LogP contribution in [-0.4, -0.2) is 13.7 Å². The summed E-state index contributed by atoms with van der Waals surface area (Å²) in [7, 11) is 1.62. The summed E-state index contributed by atoms with van der Waals surface area (Å²) in [4.78, 5) is 0. The number of rotatable bonds is 5. The maximum atomic E-state index is 5.80. The Balaban J connectivity index is 2.88. The van der Waals surface area contributed by atoms with Crippen LogP contribution in [0.15, 0.2) is 30.4 Å². The van der Waals surface area contributed by atoms with Crippen LogP contribution in [0, 0.1) is 0 Å². The summed E-state index contributed by atoms with van der Waals surface area (Å²) in [5, 5.41) is 0. The molecule has 1 rings (SSSR count). The van der Waals surface area contributed by atoms with Crippen LogP contribution in [0.25, 0.3) is 0 Å². The van der Waals surface area contributed by atoms with E-state index in [0.29, 0.717) is 12.4 Å². The summed E-state index contributed by atoms with van der Waals surface area (Å²) >= 11 is 0. The maximum absolute atomic E-state index is 5.80. The summed E-state index contributed by atoms with van der Waals surface area (Å²) in [6, 6.07) is 5.71. The highest BCUT2D eigenvalue weighted by molar-refractivity contribution is 5.43. The first-order valence-electron chi connectivity index (χ1n) is 5.25. The SMILES string of the molecule is C=C(C)COc1ccc([C@@H](C)N)cc1OC. The van der Waals surface area contributed by atoms with Crippen LogP contribution < -0.4 is 15.2 Å². The second-order valence-corrected chi connectivity index (χ2v) is 3.94. The van der Waals surface area contributed by atoms with Gasteiger partial charge in [-0.3, -0.25) is 0 Å². The Morgan fingerprint density at radius 1 is 1.44 bits per heavy atom. The molecule has 0 spiro atoms. The molecule has 0 aliphatic heterocycles. The van der Waals surface area contributed by atoms with E-state index in [-0.39, 0.29) is 6.04 Å². The highest BCUT2D eigenvalue weighted by Gasteiger charge is 2.07. The molecular formula is C13H19NO2. The van der Waals surface area contributed by atoms with Gasteiger partial charge in [0.15, 0.2) is 11.5 Å². The van der Waals surface area contributed by atoms with Gasteiger partial charge in [-0.25, -0.2) is 0 Å². The van der Waals surface area contributed by atoms with Gasteiger partial charge in [0.25, 0.3) is 0 Å². The molecule has 3 heteroatoms. The minimum atomic E-state index is -0.0101. The average molecular weight is 221 g/mol. The van der Waals surface area contributed by atoms with Gasteiger partial charge in [0.05, 0.1) is 7.11 Å². The third-order valence-corrected chi connectivity index (χ3v) is 2.19. The van der Waals surface area contributed by atoms with Crippen molar-refractivity contribution >= 4 is 0 Å². The van der Waals surface area contributed by atoms with Gasteiger partial charge in [0, 0.05) is 6.04 Å². The molecule has 1 atom stereocenters. The van der Waals surface area contributed by atoms with E-state index >= 15 is 0 Å². The second kappa shape index (κ2) is 5.56. The summed E-state index contributed by atoms with van der Waals surface area (Å²) < 4.78 is 10.8. The monoisotopic (exact) mass is 221 g/mol. The lowest BCUT2D eigenvalue weighted by Gasteiger charge is -2.13. The Morgan fingerprint density at radius 3 is 2.62 bits per heavy atom. The molecule has 0 aliphatic carbocycles. The molecule has 0 bridgehead atoms. The second-order valence-electron chi connectivity index (χ2n) is 3.94. The molecule has 0 amide bonds. The first kappa shape index (κ1) is 12.6. The topological polar surface area (TPSA) is 44.5 Å². The zero-order valence-corrected chi connectivity index (χ0v) is 10.1. The van der Waals surface area contributed by atoms with E-state index in [1.165, 1.54) is 0 Å². The molecule has 0 saturated heterocycles. The highest BCUT2D eigenvalue weighted by Crippen LogP contribution is 2.29. The van der Waals surface area contributed by atoms with E-state index in [9.17, 15) is 0 Å². The number of benzene rings is 1. The van der Waals surface area contributed by atoms with E-state index in [1.807, 2.05) is 32.0 Å². The number of hydrogen-bond acceptors (Lipinski definition) is 3. The predicted octanol–water partition coefficient (Wildman–Crippen LogP) is 2.67. The summed E-state index contributed by atoms with van der Waals surface area (Å²) in [6.07, 6.45) is 0. The molecule has 0 fully saturated rings. The number of methoxy groups -OCH3 is 1. The fourth-order valence-corrected chi connectivity index (χ4v) is 1.29. The van der Waals surface area contributed by atoms with Gasteiger partial charge in [-0.1, -0.05) is 12.6 Å². The molecule has 88 valence electrons. The van der Waals surface area contributed by atoms with E-state index in [1.54, 1.807) is 7.11 Å². The van der Waals surface area contributed by atoms with Gasteiger partial charge in [0.2, 0.25) is 0 Å². The third-order valence-electron chi connectivity index (χ3n) is 2.19. The normalized spacial score (nSPS) is 12.0. The lowest BCUT2D eigenvalue weighted by molar-refractivity contribution is 0.319. The van der Waals surface area contributed by atoms with E-state index < -0.39 is 0 Å². The first-order chi connectivity index (χ1) is 7.54. The van der Waals surface area contributed by atoms with Gasteiger partial charge in [-0.15, -0.1) is 0 Å². The molecule has 16 heavy (non-hydrogen) atoms. The molecule has 0 heterocycles. The van der Waals surface area contributed by atoms with Crippen molar-refractivity contribution in [2.45, 2.75) is 19.9 Å². The van der Waals surface area contributed by atoms with E-state index in [2.05, 4.69) is 6.58 Å². The summed E-state index contributed by atoms with van der Waals surface area (Å²) in [5.41, 5.74) is 7.80. The highest BCUT2D eigenvalue weighted by atomic mass is 16.5. The molecule has 0 saturated carbocycles. The lowest BCUT2D eigenvalue weighted by Crippen LogP contribution is -2.06. The standard InChI is InChI=1S/C13H19NO2/c1-9(2)8-16-12-6-5-11(10(3)14)7-13(12)15-4/h5-7,10H,1,8,14H2,2-4H3/t10-/m1/s1. The lowest BCUT2D eigenvalue weighted by atomic mass is 10.1. The van der Waals surface area contributed by atoms with Crippen LogP contribution in [0.4, 0.5) is 0 Å². The fraction of sp³-hybridized carbons (Fsp3) is 0.385. The van der Waals surface area contributed by atoms with Crippen molar-refractivity contribution in [3.05, 3.63) is 35.9 Å². The molecule has 2 N–H and O–H groups in total. The summed E-state index contributed by atoms with van der Waals surface area (Å²) in [6.45, 7) is 8.13. The van der Waals surface area contributed by atoms with Crippen molar-refractivity contribution < 1.29 is 9.47 Å². The minimum absolute atomic E-state index is 0.0101. The predicted molar refractivity (Wildman–Crippen MR) is 65.9 cm³/mol.